The lowest BCUT2D eigenvalue weighted by atomic mass is 10.2. The topological polar surface area (TPSA) is 27.6 Å². The van der Waals surface area contributed by atoms with Gasteiger partial charge in [0.1, 0.15) is 6.67 Å². The summed E-state index contributed by atoms with van der Waals surface area (Å²) in [6, 6.07) is 0. The van der Waals surface area contributed by atoms with E-state index >= 15 is 0 Å². The normalized spacial score (nSPS) is 18.1. The van der Waals surface area contributed by atoms with Crippen LogP contribution in [-0.2, 0) is 0 Å². The Kier molecular flexibility index (Phi) is 2.55. The highest BCUT2D eigenvalue weighted by molar-refractivity contribution is 5.90. The maximum Gasteiger partial charge on any atom is 0.461 e. The van der Waals surface area contributed by atoms with Crippen LogP contribution in [0.3, 0.4) is 0 Å². The molecule has 3 nitrogen and oxygen atoms in total. The van der Waals surface area contributed by atoms with Crippen molar-refractivity contribution in [3.05, 3.63) is 0 Å². The zero-order valence-corrected chi connectivity index (χ0v) is 7.20. The van der Waals surface area contributed by atoms with Gasteiger partial charge in [-0.05, 0) is 6.92 Å². The molecule has 8 heteroatoms. The van der Waals surface area contributed by atoms with Crippen molar-refractivity contribution in [2.75, 3.05) is 13.2 Å². The molecule has 0 radical (unpaired) electrons. The predicted octanol–water partition coefficient (Wildman–Crippen LogP) is 1.38. The Morgan fingerprint density at radius 2 is 1.93 bits per heavy atom. The van der Waals surface area contributed by atoms with Gasteiger partial charge in [0.05, 0.1) is 0 Å². The van der Waals surface area contributed by atoms with Gasteiger partial charge in [0.25, 0.3) is 0 Å². The van der Waals surface area contributed by atoms with Crippen LogP contribution >= 0.6 is 0 Å². The molecule has 0 saturated heterocycles. The summed E-state index contributed by atoms with van der Waals surface area (Å²) in [4.78, 5) is 0.827. The summed E-state index contributed by atoms with van der Waals surface area (Å²) in [5, 5.41) is 2.95. The average molecular weight is 217 g/mol. The van der Waals surface area contributed by atoms with Crippen LogP contribution in [-0.4, -0.2) is 36.0 Å². The number of nitrogens with one attached hydrogen (secondary N) is 1. The van der Waals surface area contributed by atoms with Crippen molar-refractivity contribution in [2.24, 2.45) is 5.10 Å². The first-order valence-electron chi connectivity index (χ1n) is 3.81. The van der Waals surface area contributed by atoms with E-state index in [1.807, 2.05) is 0 Å². The lowest BCUT2D eigenvalue weighted by molar-refractivity contribution is -0.251. The fourth-order valence-electron chi connectivity index (χ4n) is 0.998. The van der Waals surface area contributed by atoms with Crippen LogP contribution in [0.15, 0.2) is 5.10 Å². The van der Waals surface area contributed by atoms with Gasteiger partial charge in [-0.1, -0.05) is 0 Å². The Hall–Kier alpha value is -1.08. The number of nitrogens with zero attached hydrogens (tertiary/aromatic N) is 2. The summed E-state index contributed by atoms with van der Waals surface area (Å²) in [5.74, 6) is -6.17. The third-order valence-corrected chi connectivity index (χ3v) is 1.76. The van der Waals surface area contributed by atoms with Gasteiger partial charge >= 0.3 is 12.1 Å². The van der Waals surface area contributed by atoms with Crippen molar-refractivity contribution in [3.8, 4) is 0 Å². The number of hydrogen-bond donors (Lipinski definition) is 1. The molecule has 14 heavy (non-hydrogen) atoms. The predicted molar refractivity (Wildman–Crippen MR) is 38.8 cm³/mol. The summed E-state index contributed by atoms with van der Waals surface area (Å²) < 4.78 is 61.2. The van der Waals surface area contributed by atoms with Crippen LogP contribution in [0.2, 0.25) is 0 Å². The monoisotopic (exact) mass is 217 g/mol. The summed E-state index contributed by atoms with van der Waals surface area (Å²) in [6.45, 7) is 1.38. The smallest absolute Gasteiger partial charge is 0.335 e. The summed E-state index contributed by atoms with van der Waals surface area (Å²) in [7, 11) is 0. The number of hydrogen-bond acceptors (Lipinski definition) is 3. The second-order valence-corrected chi connectivity index (χ2v) is 2.68. The molecule has 1 aliphatic heterocycles. The first-order chi connectivity index (χ1) is 6.30. The standard InChI is InChI=1S/C6H8F5N3/c1-2-14-3-12-13-4(14)5(7,8)6(9,10)11/h12H,2-3H2,1H3. The van der Waals surface area contributed by atoms with E-state index in [9.17, 15) is 22.0 Å². The fourth-order valence-corrected chi connectivity index (χ4v) is 0.998. The maximum atomic E-state index is 12.7. The molecule has 1 aliphatic rings. The molecule has 0 aromatic carbocycles. The SMILES string of the molecule is CCN1CNN=C1C(F)(F)C(F)(F)F. The Bertz CT molecular complexity index is 246. The Labute approximate surface area is 76.6 Å². The molecule has 0 spiro atoms. The van der Waals surface area contributed by atoms with Gasteiger partial charge in [-0.15, -0.1) is 0 Å². The molecule has 0 aromatic rings. The highest BCUT2D eigenvalue weighted by Crippen LogP contribution is 2.37. The molecule has 0 aromatic heterocycles. The van der Waals surface area contributed by atoms with Crippen LogP contribution in [0.5, 0.6) is 0 Å². The summed E-state index contributed by atoms with van der Waals surface area (Å²) in [6.07, 6.45) is -5.61. The van der Waals surface area contributed by atoms with Gasteiger partial charge in [0, 0.05) is 6.54 Å². The molecule has 0 fully saturated rings. The van der Waals surface area contributed by atoms with E-state index < -0.39 is 17.9 Å². The van der Waals surface area contributed by atoms with Crippen LogP contribution < -0.4 is 5.43 Å². The average Bonchev–Trinajstić information content (AvgIpc) is 2.49. The second-order valence-electron chi connectivity index (χ2n) is 2.68. The van der Waals surface area contributed by atoms with E-state index in [1.165, 1.54) is 6.92 Å². The van der Waals surface area contributed by atoms with Crippen molar-refractivity contribution < 1.29 is 22.0 Å². The van der Waals surface area contributed by atoms with Gasteiger partial charge in [-0.25, -0.2) is 0 Å². The third kappa shape index (κ3) is 1.60. The van der Waals surface area contributed by atoms with E-state index in [0.717, 1.165) is 4.90 Å². The molecule has 0 amide bonds. The number of amidine groups is 1. The highest BCUT2D eigenvalue weighted by atomic mass is 19.4. The van der Waals surface area contributed by atoms with Gasteiger partial charge < -0.3 is 4.90 Å². The molecule has 82 valence electrons. The molecule has 0 aliphatic carbocycles. The molecule has 0 saturated carbocycles. The van der Waals surface area contributed by atoms with E-state index in [1.54, 1.807) is 0 Å². The number of rotatable bonds is 2. The highest BCUT2D eigenvalue weighted by Gasteiger charge is 2.63. The molecular formula is C6H8F5N3. The van der Waals surface area contributed by atoms with Gasteiger partial charge in [0.2, 0.25) is 5.84 Å². The van der Waals surface area contributed by atoms with Crippen molar-refractivity contribution >= 4 is 5.84 Å². The van der Waals surface area contributed by atoms with Gasteiger partial charge in [-0.3, -0.25) is 5.43 Å². The summed E-state index contributed by atoms with van der Waals surface area (Å²) >= 11 is 0. The Morgan fingerprint density at radius 1 is 1.36 bits per heavy atom. The van der Waals surface area contributed by atoms with Crippen molar-refractivity contribution in [3.63, 3.8) is 0 Å². The molecule has 1 rings (SSSR count). The van der Waals surface area contributed by atoms with Crippen LogP contribution in [0.25, 0.3) is 0 Å². The van der Waals surface area contributed by atoms with E-state index in [2.05, 4.69) is 10.5 Å². The molecule has 1 N–H and O–H groups in total. The van der Waals surface area contributed by atoms with E-state index in [-0.39, 0.29) is 13.2 Å². The molecule has 1 heterocycles. The van der Waals surface area contributed by atoms with Crippen molar-refractivity contribution in [1.29, 1.82) is 0 Å². The van der Waals surface area contributed by atoms with Crippen LogP contribution in [0.1, 0.15) is 6.92 Å². The summed E-state index contributed by atoms with van der Waals surface area (Å²) in [5.41, 5.74) is 2.09. The van der Waals surface area contributed by atoms with Gasteiger partial charge in [-0.2, -0.15) is 27.1 Å². The van der Waals surface area contributed by atoms with Crippen molar-refractivity contribution in [2.45, 2.75) is 19.0 Å². The van der Waals surface area contributed by atoms with Gasteiger partial charge in [0.15, 0.2) is 0 Å². The Balaban J connectivity index is 2.93. The number of halogens is 5. The third-order valence-electron chi connectivity index (χ3n) is 1.76. The molecule has 0 bridgehead atoms. The minimum Gasteiger partial charge on any atom is -0.335 e. The minimum atomic E-state index is -5.61. The van der Waals surface area contributed by atoms with E-state index in [0.29, 0.717) is 0 Å². The quantitative estimate of drug-likeness (QED) is 0.707. The zero-order valence-electron chi connectivity index (χ0n) is 7.20. The fraction of sp³-hybridized carbons (Fsp3) is 0.833. The number of alkyl halides is 5. The van der Waals surface area contributed by atoms with E-state index in [4.69, 9.17) is 0 Å². The zero-order chi connectivity index (χ0) is 11.0. The molecule has 0 atom stereocenters. The van der Waals surface area contributed by atoms with Crippen LogP contribution in [0, 0.1) is 0 Å². The lowest BCUT2D eigenvalue weighted by Gasteiger charge is -2.25. The van der Waals surface area contributed by atoms with Crippen LogP contribution in [0.4, 0.5) is 22.0 Å². The largest absolute Gasteiger partial charge is 0.461 e. The number of hydrazone groups is 1. The first-order valence-corrected chi connectivity index (χ1v) is 3.81. The Morgan fingerprint density at radius 3 is 2.36 bits per heavy atom. The second kappa shape index (κ2) is 3.25. The minimum absolute atomic E-state index is 0.0392. The molecule has 0 unspecified atom stereocenters. The maximum absolute atomic E-state index is 12.7. The molecular weight excluding hydrogens is 209 g/mol. The lowest BCUT2D eigenvalue weighted by Crippen LogP contribution is -2.50. The van der Waals surface area contributed by atoms with Crippen molar-refractivity contribution in [1.82, 2.24) is 10.3 Å². The first kappa shape index (κ1) is 11.0.